The first-order valence-electron chi connectivity index (χ1n) is 13.7. The quantitative estimate of drug-likeness (QED) is 0.232. The number of unbranched alkanes of at least 4 members (excludes halogenated alkanes) is 6. The second kappa shape index (κ2) is 16.7. The molecular formula is C30H47N3O4. The average molecular weight is 514 g/mol. The molecule has 2 N–H and O–H groups in total. The van der Waals surface area contributed by atoms with E-state index in [4.69, 9.17) is 11.2 Å². The van der Waals surface area contributed by atoms with Crippen LogP contribution in [0.5, 0.6) is 0 Å². The van der Waals surface area contributed by atoms with E-state index in [1.54, 1.807) is 56.9 Å². The summed E-state index contributed by atoms with van der Waals surface area (Å²) in [6.45, 7) is 12.1. The van der Waals surface area contributed by atoms with Gasteiger partial charge in [0.05, 0.1) is 0 Å². The van der Waals surface area contributed by atoms with E-state index in [0.717, 1.165) is 44.9 Å². The number of carbonyl (C=O) groups excluding carboxylic acids is 3. The lowest BCUT2D eigenvalue weighted by Crippen LogP contribution is -2.52. The minimum Gasteiger partial charge on any atom is -0.444 e. The lowest BCUT2D eigenvalue weighted by atomic mass is 10.0. The van der Waals surface area contributed by atoms with Gasteiger partial charge in [-0.25, -0.2) is 4.79 Å². The van der Waals surface area contributed by atoms with Crippen molar-refractivity contribution in [3.05, 3.63) is 35.4 Å². The molecule has 0 aliphatic heterocycles. The Hall–Kier alpha value is -3.01. The highest BCUT2D eigenvalue weighted by Crippen LogP contribution is 2.24. The molecule has 7 nitrogen and oxygen atoms in total. The second-order valence-electron chi connectivity index (χ2n) is 10.5. The van der Waals surface area contributed by atoms with Gasteiger partial charge in [0.2, 0.25) is 11.8 Å². The Morgan fingerprint density at radius 3 is 2.14 bits per heavy atom. The number of rotatable bonds is 15. The summed E-state index contributed by atoms with van der Waals surface area (Å²) in [5, 5.41) is 5.63. The van der Waals surface area contributed by atoms with Crippen LogP contribution in [0, 0.1) is 12.3 Å². The Morgan fingerprint density at radius 2 is 1.57 bits per heavy atom. The monoisotopic (exact) mass is 513 g/mol. The number of nitrogens with one attached hydrogen (secondary N) is 2. The molecule has 7 heteroatoms. The van der Waals surface area contributed by atoms with Crippen molar-refractivity contribution < 1.29 is 19.1 Å². The van der Waals surface area contributed by atoms with E-state index >= 15 is 0 Å². The molecule has 37 heavy (non-hydrogen) atoms. The van der Waals surface area contributed by atoms with Crippen molar-refractivity contribution in [3.8, 4) is 12.3 Å². The summed E-state index contributed by atoms with van der Waals surface area (Å²) in [5.74, 6) is 2.01. The van der Waals surface area contributed by atoms with E-state index in [9.17, 15) is 14.4 Å². The van der Waals surface area contributed by atoms with Crippen LogP contribution in [-0.4, -0.2) is 47.5 Å². The Kier molecular flexibility index (Phi) is 14.4. The van der Waals surface area contributed by atoms with Crippen molar-refractivity contribution >= 4 is 17.9 Å². The van der Waals surface area contributed by atoms with E-state index in [1.165, 1.54) is 6.42 Å². The molecule has 0 radical (unpaired) electrons. The zero-order valence-corrected chi connectivity index (χ0v) is 23.7. The number of ether oxygens (including phenoxy) is 1. The van der Waals surface area contributed by atoms with Gasteiger partial charge in [0.25, 0.3) is 0 Å². The molecule has 0 saturated carbocycles. The fourth-order valence-corrected chi connectivity index (χ4v) is 3.94. The molecule has 0 bridgehead atoms. The van der Waals surface area contributed by atoms with Gasteiger partial charge in [-0.2, -0.15) is 0 Å². The maximum atomic E-state index is 13.7. The fourth-order valence-electron chi connectivity index (χ4n) is 3.94. The maximum absolute atomic E-state index is 13.7. The first kappa shape index (κ1) is 32.0. The van der Waals surface area contributed by atoms with Crippen LogP contribution >= 0.6 is 0 Å². The third-order valence-corrected chi connectivity index (χ3v) is 5.92. The largest absolute Gasteiger partial charge is 0.444 e. The molecule has 0 spiro atoms. The van der Waals surface area contributed by atoms with Crippen molar-refractivity contribution in [2.24, 2.45) is 0 Å². The highest BCUT2D eigenvalue weighted by atomic mass is 16.6. The Labute approximate surface area is 224 Å². The molecule has 206 valence electrons. The second-order valence-corrected chi connectivity index (χ2v) is 10.5. The van der Waals surface area contributed by atoms with Gasteiger partial charge in [0.1, 0.15) is 17.7 Å². The van der Waals surface area contributed by atoms with E-state index in [2.05, 4.69) is 30.4 Å². The van der Waals surface area contributed by atoms with Crippen LogP contribution in [0.25, 0.3) is 0 Å². The van der Waals surface area contributed by atoms with Crippen LogP contribution in [-0.2, 0) is 14.3 Å². The maximum Gasteiger partial charge on any atom is 0.408 e. The van der Waals surface area contributed by atoms with E-state index in [1.807, 2.05) is 0 Å². The predicted octanol–water partition coefficient (Wildman–Crippen LogP) is 5.73. The topological polar surface area (TPSA) is 87.7 Å². The van der Waals surface area contributed by atoms with Crippen LogP contribution in [0.3, 0.4) is 0 Å². The number of hydrogen-bond acceptors (Lipinski definition) is 4. The van der Waals surface area contributed by atoms with Crippen molar-refractivity contribution in [2.45, 2.75) is 111 Å². The highest BCUT2D eigenvalue weighted by molar-refractivity contribution is 5.92. The first-order valence-corrected chi connectivity index (χ1v) is 13.7. The summed E-state index contributed by atoms with van der Waals surface area (Å²) in [5.41, 5.74) is 0.686. The molecule has 0 fully saturated rings. The fraction of sp³-hybridized carbons (Fsp3) is 0.633. The number of benzene rings is 1. The highest BCUT2D eigenvalue weighted by Gasteiger charge is 2.34. The summed E-state index contributed by atoms with van der Waals surface area (Å²) in [6, 6.07) is 5.44. The number of terminal acetylenes is 1. The standard InChI is InChI=1S/C30H47N3O4/c1-8-11-13-14-15-16-22-33(28(35)23(4)32-29(36)37-30(5,6)7)26(27(34)31-21-12-9-2)25-19-17-24(10-3)18-20-25/h3,17-20,23,26H,8-9,11-16,21-22H2,1-2,4-7H3,(H,31,34)(H,32,36). The number of amides is 3. The van der Waals surface area contributed by atoms with Gasteiger partial charge in [0.15, 0.2) is 0 Å². The molecule has 1 aromatic carbocycles. The molecule has 1 aromatic rings. The zero-order chi connectivity index (χ0) is 27.8. The van der Waals surface area contributed by atoms with Gasteiger partial charge in [-0.15, -0.1) is 6.42 Å². The van der Waals surface area contributed by atoms with Gasteiger partial charge in [-0.1, -0.05) is 70.4 Å². The van der Waals surface area contributed by atoms with Crippen molar-refractivity contribution in [1.82, 2.24) is 15.5 Å². The van der Waals surface area contributed by atoms with Crippen molar-refractivity contribution in [3.63, 3.8) is 0 Å². The first-order chi connectivity index (χ1) is 17.5. The normalized spacial score (nSPS) is 12.7. The van der Waals surface area contributed by atoms with Gasteiger partial charge >= 0.3 is 6.09 Å². The summed E-state index contributed by atoms with van der Waals surface area (Å²) in [7, 11) is 0. The van der Waals surface area contributed by atoms with Gasteiger partial charge in [-0.3, -0.25) is 9.59 Å². The van der Waals surface area contributed by atoms with Crippen molar-refractivity contribution in [2.75, 3.05) is 13.1 Å². The molecule has 0 heterocycles. The lowest BCUT2D eigenvalue weighted by molar-refractivity contribution is -0.142. The van der Waals surface area contributed by atoms with Crippen LogP contribution in [0.4, 0.5) is 4.79 Å². The minimum atomic E-state index is -0.870. The number of carbonyl (C=O) groups is 3. The van der Waals surface area contributed by atoms with Crippen LogP contribution < -0.4 is 10.6 Å². The number of alkyl carbamates (subject to hydrolysis) is 1. The molecular weight excluding hydrogens is 466 g/mol. The minimum absolute atomic E-state index is 0.245. The Morgan fingerprint density at radius 1 is 0.973 bits per heavy atom. The molecule has 1 rings (SSSR count). The summed E-state index contributed by atoms with van der Waals surface area (Å²) in [4.78, 5) is 41.2. The molecule has 0 aromatic heterocycles. The Balaban J connectivity index is 3.24. The third kappa shape index (κ3) is 12.2. The molecule has 3 amide bonds. The van der Waals surface area contributed by atoms with E-state index < -0.39 is 23.8 Å². The summed E-state index contributed by atoms with van der Waals surface area (Å²) < 4.78 is 5.34. The molecule has 0 aliphatic carbocycles. The number of nitrogens with zero attached hydrogens (tertiary/aromatic N) is 1. The van der Waals surface area contributed by atoms with E-state index in [-0.39, 0.29) is 11.8 Å². The predicted molar refractivity (Wildman–Crippen MR) is 149 cm³/mol. The lowest BCUT2D eigenvalue weighted by Gasteiger charge is -2.34. The number of hydrogen-bond donors (Lipinski definition) is 2. The van der Waals surface area contributed by atoms with Gasteiger partial charge in [-0.05, 0) is 58.2 Å². The molecule has 2 atom stereocenters. The van der Waals surface area contributed by atoms with Crippen LogP contribution in [0.1, 0.15) is 110 Å². The smallest absolute Gasteiger partial charge is 0.408 e. The summed E-state index contributed by atoms with van der Waals surface area (Å²) in [6.07, 6.45) is 12.9. The average Bonchev–Trinajstić information content (AvgIpc) is 2.84. The molecule has 0 saturated heterocycles. The van der Waals surface area contributed by atoms with Crippen molar-refractivity contribution in [1.29, 1.82) is 0 Å². The van der Waals surface area contributed by atoms with Gasteiger partial charge in [0, 0.05) is 18.7 Å². The Bertz CT molecular complexity index is 884. The van der Waals surface area contributed by atoms with Crippen LogP contribution in [0.15, 0.2) is 24.3 Å². The third-order valence-electron chi connectivity index (χ3n) is 5.92. The van der Waals surface area contributed by atoms with Gasteiger partial charge < -0.3 is 20.3 Å². The zero-order valence-electron chi connectivity index (χ0n) is 23.7. The SMILES string of the molecule is C#Cc1ccc(C(C(=O)NCCCC)N(CCCCCCCC)C(=O)C(C)NC(=O)OC(C)(C)C)cc1. The molecule has 0 aliphatic rings. The van der Waals surface area contributed by atoms with Crippen LogP contribution in [0.2, 0.25) is 0 Å². The molecule has 2 unspecified atom stereocenters. The van der Waals surface area contributed by atoms with E-state index in [0.29, 0.717) is 24.2 Å². The summed E-state index contributed by atoms with van der Waals surface area (Å²) >= 11 is 0.